The molecule has 6 nitrogen and oxygen atoms in total. The predicted octanol–water partition coefficient (Wildman–Crippen LogP) is 5.81. The third-order valence-corrected chi connectivity index (χ3v) is 5.07. The first-order valence-corrected chi connectivity index (χ1v) is 10.0. The third-order valence-electron chi connectivity index (χ3n) is 5.07. The van der Waals surface area contributed by atoms with Gasteiger partial charge in [-0.1, -0.05) is 6.07 Å². The summed E-state index contributed by atoms with van der Waals surface area (Å²) in [5.74, 6) is 1.58. The third kappa shape index (κ3) is 4.12. The highest BCUT2D eigenvalue weighted by molar-refractivity contribution is 5.97. The molecule has 0 aliphatic heterocycles. The summed E-state index contributed by atoms with van der Waals surface area (Å²) in [6.07, 6.45) is 4.01. The molecule has 156 valence electrons. The highest BCUT2D eigenvalue weighted by Crippen LogP contribution is 2.31. The minimum Gasteiger partial charge on any atom is -0.493 e. The molecule has 0 N–H and O–H groups in total. The van der Waals surface area contributed by atoms with Crippen molar-refractivity contribution in [1.82, 2.24) is 9.97 Å². The van der Waals surface area contributed by atoms with Crippen molar-refractivity contribution in [2.24, 2.45) is 5.92 Å². The van der Waals surface area contributed by atoms with Gasteiger partial charge in [0.2, 0.25) is 11.8 Å². The van der Waals surface area contributed by atoms with Crippen molar-refractivity contribution < 1.29 is 23.1 Å². The predicted molar refractivity (Wildman–Crippen MR) is 112 cm³/mol. The van der Waals surface area contributed by atoms with Gasteiger partial charge in [-0.05, 0) is 56.0 Å². The molecule has 0 atom stereocenters. The van der Waals surface area contributed by atoms with E-state index in [-0.39, 0.29) is 22.8 Å². The average molecular weight is 418 g/mol. The number of aromatic nitrogens is 2. The molecule has 4 aromatic rings. The number of pyridine rings is 1. The van der Waals surface area contributed by atoms with Crippen molar-refractivity contribution in [2.45, 2.75) is 19.8 Å². The number of fused-ring (bicyclic) bond motifs is 1. The molecular formula is C24H19FN2O4. The van der Waals surface area contributed by atoms with Crippen molar-refractivity contribution >= 4 is 16.9 Å². The maximum absolute atomic E-state index is 14.5. The molecule has 7 heteroatoms. The number of carbonyl (C=O) groups is 1. The van der Waals surface area contributed by atoms with E-state index in [1.807, 2.05) is 24.3 Å². The molecular weight excluding hydrogens is 399 g/mol. The van der Waals surface area contributed by atoms with Crippen LogP contribution < -0.4 is 9.47 Å². The van der Waals surface area contributed by atoms with Crippen LogP contribution in [-0.2, 0) is 0 Å². The lowest BCUT2D eigenvalue weighted by Crippen LogP contribution is -1.98. The molecule has 1 fully saturated rings. The summed E-state index contributed by atoms with van der Waals surface area (Å²) >= 11 is 0. The lowest BCUT2D eigenvalue weighted by Gasteiger charge is -2.08. The molecule has 1 aliphatic carbocycles. The van der Waals surface area contributed by atoms with Gasteiger partial charge in [0.25, 0.3) is 0 Å². The molecule has 1 saturated carbocycles. The molecule has 0 saturated heterocycles. The number of Topliss-reactive ketones (excluding diaryl/α,β-unsaturated/α-hetero) is 1. The van der Waals surface area contributed by atoms with Crippen LogP contribution in [0.2, 0.25) is 0 Å². The maximum Gasteiger partial charge on any atom is 0.229 e. The van der Waals surface area contributed by atoms with Gasteiger partial charge < -0.3 is 13.9 Å². The van der Waals surface area contributed by atoms with Gasteiger partial charge in [0.1, 0.15) is 17.0 Å². The van der Waals surface area contributed by atoms with Crippen LogP contribution in [0.3, 0.4) is 0 Å². The number of hydrogen-bond donors (Lipinski definition) is 0. The van der Waals surface area contributed by atoms with Crippen LogP contribution >= 0.6 is 0 Å². The number of rotatable bonds is 7. The van der Waals surface area contributed by atoms with Crippen molar-refractivity contribution in [2.75, 3.05) is 6.61 Å². The van der Waals surface area contributed by atoms with Gasteiger partial charge in [-0.15, -0.1) is 0 Å². The fraction of sp³-hybridized carbons (Fsp3) is 0.208. The Labute approximate surface area is 177 Å². The summed E-state index contributed by atoms with van der Waals surface area (Å²) < 4.78 is 31.6. The van der Waals surface area contributed by atoms with Crippen molar-refractivity contribution in [3.63, 3.8) is 0 Å². The summed E-state index contributed by atoms with van der Waals surface area (Å²) in [4.78, 5) is 20.1. The summed E-state index contributed by atoms with van der Waals surface area (Å²) in [6, 6.07) is 13.8. The van der Waals surface area contributed by atoms with Crippen molar-refractivity contribution in [3.8, 4) is 28.8 Å². The lowest BCUT2D eigenvalue weighted by molar-refractivity contribution is 0.101. The first kappa shape index (κ1) is 19.2. The van der Waals surface area contributed by atoms with Gasteiger partial charge in [-0.3, -0.25) is 4.79 Å². The topological polar surface area (TPSA) is 74.5 Å². The molecule has 0 unspecified atom stereocenters. The van der Waals surface area contributed by atoms with Gasteiger partial charge in [0.05, 0.1) is 17.7 Å². The smallest absolute Gasteiger partial charge is 0.229 e. The van der Waals surface area contributed by atoms with Gasteiger partial charge in [-0.2, -0.15) is 0 Å². The molecule has 2 aromatic heterocycles. The second-order valence-corrected chi connectivity index (χ2v) is 7.57. The zero-order valence-electron chi connectivity index (χ0n) is 16.8. The Morgan fingerprint density at radius 2 is 2.00 bits per heavy atom. The standard InChI is InChI=1S/C24H19FN2O4/c1-14(28)19-8-9-20-23(22(19)25)31-24(27-20)16-7-10-21(26-12-16)30-18-4-2-3-17(11-18)29-13-15-5-6-15/h2-4,7-12,15H,5-6,13H2,1H3. The van der Waals surface area contributed by atoms with E-state index in [4.69, 9.17) is 13.9 Å². The number of halogens is 1. The number of ether oxygens (including phenoxy) is 2. The van der Waals surface area contributed by atoms with Crippen molar-refractivity contribution in [3.05, 3.63) is 66.1 Å². The Morgan fingerprint density at radius 1 is 1.16 bits per heavy atom. The molecule has 0 bridgehead atoms. The summed E-state index contributed by atoms with van der Waals surface area (Å²) in [5, 5.41) is 0. The van der Waals surface area contributed by atoms with E-state index in [2.05, 4.69) is 9.97 Å². The molecule has 5 rings (SSSR count). The summed E-state index contributed by atoms with van der Waals surface area (Å²) in [7, 11) is 0. The van der Waals surface area contributed by atoms with Crippen LogP contribution in [0.25, 0.3) is 22.6 Å². The summed E-state index contributed by atoms with van der Waals surface area (Å²) in [5.41, 5.74) is 0.820. The molecule has 0 spiro atoms. The number of nitrogens with zero attached hydrogens (tertiary/aromatic N) is 2. The Morgan fingerprint density at radius 3 is 2.74 bits per heavy atom. The first-order chi connectivity index (χ1) is 15.1. The Bertz CT molecular complexity index is 1260. The lowest BCUT2D eigenvalue weighted by atomic mass is 10.1. The van der Waals surface area contributed by atoms with E-state index in [1.54, 1.807) is 18.2 Å². The minimum absolute atomic E-state index is 0.0274. The molecule has 31 heavy (non-hydrogen) atoms. The second-order valence-electron chi connectivity index (χ2n) is 7.57. The first-order valence-electron chi connectivity index (χ1n) is 10.0. The molecule has 2 aromatic carbocycles. The monoisotopic (exact) mass is 418 g/mol. The minimum atomic E-state index is -0.708. The van der Waals surface area contributed by atoms with E-state index in [9.17, 15) is 9.18 Å². The number of benzene rings is 2. The van der Waals surface area contributed by atoms with Gasteiger partial charge >= 0.3 is 0 Å². The largest absolute Gasteiger partial charge is 0.493 e. The Balaban J connectivity index is 1.33. The fourth-order valence-electron chi connectivity index (χ4n) is 3.17. The maximum atomic E-state index is 14.5. The molecule has 2 heterocycles. The number of hydrogen-bond acceptors (Lipinski definition) is 6. The van der Waals surface area contributed by atoms with Crippen LogP contribution in [0.1, 0.15) is 30.1 Å². The quantitative estimate of drug-likeness (QED) is 0.353. The summed E-state index contributed by atoms with van der Waals surface area (Å²) in [6.45, 7) is 2.04. The van der Waals surface area contributed by atoms with E-state index >= 15 is 0 Å². The van der Waals surface area contributed by atoms with E-state index in [1.165, 1.54) is 32.0 Å². The zero-order valence-corrected chi connectivity index (χ0v) is 16.8. The van der Waals surface area contributed by atoms with E-state index in [0.717, 1.165) is 12.4 Å². The van der Waals surface area contributed by atoms with Crippen molar-refractivity contribution in [1.29, 1.82) is 0 Å². The van der Waals surface area contributed by atoms with Crippen LogP contribution in [0, 0.1) is 11.7 Å². The number of carbonyl (C=O) groups excluding carboxylic acids is 1. The van der Waals surface area contributed by atoms with E-state index in [0.29, 0.717) is 28.6 Å². The number of ketones is 1. The van der Waals surface area contributed by atoms with Crippen LogP contribution in [-0.4, -0.2) is 22.4 Å². The SMILES string of the molecule is CC(=O)c1ccc2nc(-c3ccc(Oc4cccc(OCC5CC5)c4)nc3)oc2c1F. The second kappa shape index (κ2) is 7.83. The Hall–Kier alpha value is -3.74. The van der Waals surface area contributed by atoms with Gasteiger partial charge in [0, 0.05) is 18.3 Å². The molecule has 1 aliphatic rings. The average Bonchev–Trinajstić information content (AvgIpc) is 3.49. The number of oxazole rings is 1. The van der Waals surface area contributed by atoms with Crippen LogP contribution in [0.15, 0.2) is 59.1 Å². The van der Waals surface area contributed by atoms with Gasteiger partial charge in [-0.25, -0.2) is 14.4 Å². The highest BCUT2D eigenvalue weighted by atomic mass is 19.1. The van der Waals surface area contributed by atoms with Gasteiger partial charge in [0.15, 0.2) is 17.2 Å². The fourth-order valence-corrected chi connectivity index (χ4v) is 3.17. The zero-order chi connectivity index (χ0) is 21.4. The van der Waals surface area contributed by atoms with Crippen LogP contribution in [0.5, 0.6) is 17.4 Å². The molecule has 0 radical (unpaired) electrons. The molecule has 0 amide bonds. The normalized spacial score (nSPS) is 13.4. The Kier molecular flexibility index (Phi) is 4.86. The van der Waals surface area contributed by atoms with E-state index < -0.39 is 5.82 Å². The highest BCUT2D eigenvalue weighted by Gasteiger charge is 2.22. The van der Waals surface area contributed by atoms with Crippen LogP contribution in [0.4, 0.5) is 4.39 Å².